The molecule has 0 spiro atoms. The Bertz CT molecular complexity index is 1430. The third kappa shape index (κ3) is 9.70. The van der Waals surface area contributed by atoms with Crippen LogP contribution < -0.4 is 15.4 Å². The molecular weight excluding hydrogens is 618 g/mol. The molecule has 3 aromatic rings. The van der Waals surface area contributed by atoms with Crippen molar-refractivity contribution in [1.82, 2.24) is 15.6 Å². The zero-order valence-corrected chi connectivity index (χ0v) is 30.0. The highest BCUT2D eigenvalue weighted by atomic mass is 16.5. The molecular formula is C40H61N3O6. The molecule has 5 rings (SSSR count). The normalized spacial score (nSPS) is 20.8. The van der Waals surface area contributed by atoms with Crippen LogP contribution in [0, 0.1) is 11.8 Å². The van der Waals surface area contributed by atoms with Gasteiger partial charge in [-0.25, -0.2) is 0 Å². The molecule has 9 heteroatoms. The number of hydrogen-bond acceptors (Lipinski definition) is 8. The number of aromatic amines is 1. The number of furan rings is 1. The molecule has 49 heavy (non-hydrogen) atoms. The molecule has 2 heterocycles. The summed E-state index contributed by atoms with van der Waals surface area (Å²) in [6, 6.07) is 9.96. The van der Waals surface area contributed by atoms with E-state index in [4.69, 9.17) is 9.15 Å². The van der Waals surface area contributed by atoms with Gasteiger partial charge in [-0.2, -0.15) is 0 Å². The number of H-pyrrole nitrogens is 1. The zero-order chi connectivity index (χ0) is 34.8. The predicted octanol–water partition coefficient (Wildman–Crippen LogP) is 6.22. The van der Waals surface area contributed by atoms with Crippen LogP contribution in [0.2, 0.25) is 0 Å². The van der Waals surface area contributed by atoms with Gasteiger partial charge in [-0.3, -0.25) is 0 Å². The molecule has 2 aliphatic carbocycles. The standard InChI is InChI=1S/C40H61N3O6/c1-4-6-12-38-29(24-45)21-30(49-38)16-13-27-14-18-37(47)39(20-27)48-25-36(41-5-2)35-22-32-33(43-35)17-15-28-9-7-10-31(28)40(32)34(11-8-19-44)42-23-26(3)46/h14,18,20-22,26,28,31,34,36,40-47H,4-13,15-17,19,23-25H2,1-3H3/t26-,28+,31-,34-,36-,40-/m0/s1. The quantitative estimate of drug-likeness (QED) is 0.0746. The van der Waals surface area contributed by atoms with Crippen LogP contribution in [0.15, 0.2) is 34.7 Å². The van der Waals surface area contributed by atoms with E-state index in [2.05, 4.69) is 35.5 Å². The molecule has 9 nitrogen and oxygen atoms in total. The first kappa shape index (κ1) is 37.4. The number of benzene rings is 1. The molecule has 0 saturated heterocycles. The lowest BCUT2D eigenvalue weighted by atomic mass is 9.75. The Morgan fingerprint density at radius 1 is 1.02 bits per heavy atom. The summed E-state index contributed by atoms with van der Waals surface area (Å²) in [5.74, 6) is 3.94. The summed E-state index contributed by atoms with van der Waals surface area (Å²) in [6.45, 7) is 7.89. The smallest absolute Gasteiger partial charge is 0.161 e. The molecule has 2 aromatic heterocycles. The molecule has 6 atom stereocenters. The van der Waals surface area contributed by atoms with Gasteiger partial charge < -0.3 is 45.2 Å². The molecule has 1 saturated carbocycles. The van der Waals surface area contributed by atoms with Crippen molar-refractivity contribution in [3.8, 4) is 11.5 Å². The fourth-order valence-electron chi connectivity index (χ4n) is 8.35. The first-order valence-corrected chi connectivity index (χ1v) is 19.0. The van der Waals surface area contributed by atoms with Gasteiger partial charge in [-0.1, -0.05) is 39.2 Å². The SMILES string of the molecule is CCCCc1oc(CCc2ccc(O)c(OC[C@H](NCC)c3cc4c([nH]3)CC[C@H]3CCC[C@@H]3[C@@H]4[C@H](CCCO)NC[C@H](C)O)c2)cc1CO. The van der Waals surface area contributed by atoms with Gasteiger partial charge in [0.2, 0.25) is 0 Å². The van der Waals surface area contributed by atoms with E-state index in [-0.39, 0.29) is 31.0 Å². The summed E-state index contributed by atoms with van der Waals surface area (Å²) < 4.78 is 12.4. The number of ether oxygens (including phenoxy) is 1. The van der Waals surface area contributed by atoms with Gasteiger partial charge in [0.15, 0.2) is 11.5 Å². The molecule has 0 unspecified atom stereocenters. The highest BCUT2D eigenvalue weighted by Gasteiger charge is 2.42. The summed E-state index contributed by atoms with van der Waals surface area (Å²) in [4.78, 5) is 3.82. The Morgan fingerprint density at radius 2 is 1.88 bits per heavy atom. The van der Waals surface area contributed by atoms with Crippen molar-refractivity contribution in [2.75, 3.05) is 26.3 Å². The maximum atomic E-state index is 10.8. The van der Waals surface area contributed by atoms with E-state index in [1.807, 2.05) is 25.1 Å². The van der Waals surface area contributed by atoms with Gasteiger partial charge in [-0.15, -0.1) is 0 Å². The molecule has 1 aromatic carbocycles. The van der Waals surface area contributed by atoms with Gasteiger partial charge in [-0.05, 0) is 106 Å². The number of fused-ring (bicyclic) bond motifs is 2. The number of aryl methyl sites for hydroxylation is 4. The van der Waals surface area contributed by atoms with E-state index >= 15 is 0 Å². The number of aromatic hydroxyl groups is 1. The number of phenols is 1. The second-order valence-corrected chi connectivity index (χ2v) is 14.5. The third-order valence-corrected chi connectivity index (χ3v) is 10.8. The number of aliphatic hydroxyl groups excluding tert-OH is 3. The van der Waals surface area contributed by atoms with Crippen molar-refractivity contribution in [2.45, 2.75) is 129 Å². The minimum atomic E-state index is -0.430. The predicted molar refractivity (Wildman–Crippen MR) is 193 cm³/mol. The van der Waals surface area contributed by atoms with Crippen LogP contribution in [0.3, 0.4) is 0 Å². The number of phenolic OH excluding ortho intramolecular Hbond substituents is 1. The van der Waals surface area contributed by atoms with Crippen LogP contribution in [0.25, 0.3) is 0 Å². The average Bonchev–Trinajstić information content (AvgIpc) is 3.83. The molecule has 0 radical (unpaired) electrons. The van der Waals surface area contributed by atoms with Gasteiger partial charge in [0.05, 0.1) is 18.8 Å². The molecule has 7 N–H and O–H groups in total. The Balaban J connectivity index is 1.32. The van der Waals surface area contributed by atoms with Crippen molar-refractivity contribution in [3.63, 3.8) is 0 Å². The summed E-state index contributed by atoms with van der Waals surface area (Å²) >= 11 is 0. The molecule has 1 fully saturated rings. The molecule has 2 aliphatic rings. The topological polar surface area (TPSA) is 143 Å². The van der Waals surface area contributed by atoms with Crippen molar-refractivity contribution >= 4 is 0 Å². The lowest BCUT2D eigenvalue weighted by molar-refractivity contribution is 0.170. The van der Waals surface area contributed by atoms with Crippen molar-refractivity contribution in [2.24, 2.45) is 11.8 Å². The lowest BCUT2D eigenvalue weighted by Gasteiger charge is -2.35. The summed E-state index contributed by atoms with van der Waals surface area (Å²) in [7, 11) is 0. The van der Waals surface area contributed by atoms with E-state index in [0.29, 0.717) is 43.1 Å². The number of aliphatic hydroxyl groups is 3. The average molecular weight is 680 g/mol. The zero-order valence-electron chi connectivity index (χ0n) is 30.0. The monoisotopic (exact) mass is 679 g/mol. The first-order valence-electron chi connectivity index (χ1n) is 19.0. The van der Waals surface area contributed by atoms with Crippen LogP contribution in [-0.4, -0.2) is 63.9 Å². The van der Waals surface area contributed by atoms with E-state index in [1.165, 1.54) is 36.9 Å². The molecule has 272 valence electrons. The third-order valence-electron chi connectivity index (χ3n) is 10.8. The van der Waals surface area contributed by atoms with E-state index < -0.39 is 6.10 Å². The van der Waals surface area contributed by atoms with Gasteiger partial charge >= 0.3 is 0 Å². The van der Waals surface area contributed by atoms with E-state index in [1.54, 1.807) is 6.07 Å². The van der Waals surface area contributed by atoms with Crippen LogP contribution in [0.1, 0.15) is 124 Å². The van der Waals surface area contributed by atoms with Crippen molar-refractivity contribution in [1.29, 1.82) is 0 Å². The summed E-state index contributed by atoms with van der Waals surface area (Å²) in [6.07, 6.45) is 11.5. The highest BCUT2D eigenvalue weighted by Crippen LogP contribution is 2.49. The van der Waals surface area contributed by atoms with Gasteiger partial charge in [0.25, 0.3) is 0 Å². The molecule has 0 bridgehead atoms. The largest absolute Gasteiger partial charge is 0.504 e. The number of unbranched alkanes of at least 4 members (excludes halogenated alkanes) is 1. The lowest BCUT2D eigenvalue weighted by Crippen LogP contribution is -2.42. The number of aromatic nitrogens is 1. The minimum Gasteiger partial charge on any atom is -0.504 e. The van der Waals surface area contributed by atoms with Crippen molar-refractivity contribution < 1.29 is 29.6 Å². The Labute approximate surface area is 292 Å². The number of hydrogen-bond donors (Lipinski definition) is 7. The maximum absolute atomic E-state index is 10.8. The Hall–Kier alpha value is -2.82. The van der Waals surface area contributed by atoms with Gasteiger partial charge in [0, 0.05) is 54.9 Å². The number of nitrogens with one attached hydrogen (secondary N) is 3. The Kier molecular flexibility index (Phi) is 14.1. The van der Waals surface area contributed by atoms with Crippen LogP contribution in [-0.2, 0) is 32.3 Å². The van der Waals surface area contributed by atoms with Crippen LogP contribution in [0.4, 0.5) is 0 Å². The Morgan fingerprint density at radius 3 is 2.63 bits per heavy atom. The summed E-state index contributed by atoms with van der Waals surface area (Å²) in [5.41, 5.74) is 5.69. The van der Waals surface area contributed by atoms with E-state index in [0.717, 1.165) is 79.8 Å². The fraction of sp³-hybridized carbons (Fsp3) is 0.650. The second kappa shape index (κ2) is 18.4. The first-order chi connectivity index (χ1) is 23.8. The summed E-state index contributed by atoms with van der Waals surface area (Å²) in [5, 5.41) is 47.7. The van der Waals surface area contributed by atoms with Crippen molar-refractivity contribution in [3.05, 3.63) is 69.9 Å². The minimum absolute atomic E-state index is 0.0115. The second-order valence-electron chi connectivity index (χ2n) is 14.5. The molecule has 0 aliphatic heterocycles. The van der Waals surface area contributed by atoms with Crippen LogP contribution >= 0.6 is 0 Å². The van der Waals surface area contributed by atoms with E-state index in [9.17, 15) is 20.4 Å². The number of rotatable bonds is 20. The fourth-order valence-corrected chi connectivity index (χ4v) is 8.35. The van der Waals surface area contributed by atoms with Gasteiger partial charge in [0.1, 0.15) is 18.1 Å². The maximum Gasteiger partial charge on any atom is 0.161 e. The van der Waals surface area contributed by atoms with Crippen LogP contribution in [0.5, 0.6) is 11.5 Å². The molecule has 0 amide bonds. The highest BCUT2D eigenvalue weighted by molar-refractivity contribution is 5.42. The number of likely N-dealkylation sites (N-methyl/N-ethyl adjacent to an activating group) is 1.